The average molecular weight is 518 g/mol. The maximum absolute atomic E-state index is 13.5. The van der Waals surface area contributed by atoms with Gasteiger partial charge in [-0.05, 0) is 77.0 Å². The first-order valence-corrected chi connectivity index (χ1v) is 11.3. The van der Waals surface area contributed by atoms with Gasteiger partial charge in [0.05, 0.1) is 18.8 Å². The van der Waals surface area contributed by atoms with Gasteiger partial charge in [0.2, 0.25) is 0 Å². The monoisotopic (exact) mass is 517 g/mol. The Kier molecular flexibility index (Phi) is 6.86. The molecule has 3 heterocycles. The molecule has 0 spiro atoms. The van der Waals surface area contributed by atoms with Crippen LogP contribution in [0, 0.1) is 5.82 Å². The van der Waals surface area contributed by atoms with Crippen molar-refractivity contribution in [1.29, 1.82) is 0 Å². The first-order chi connectivity index (χ1) is 15.5. The SMILES string of the molecule is COC(=O)CCCN1C(=S)N[C@@H](c2ccccn2)[C@@H]1c1ccc(-c2ccc(F)cc2Br)o1. The largest absolute Gasteiger partial charge is 0.469 e. The standard InChI is InChI=1S/C23H21BrFN3O3S/c1-30-20(29)6-4-12-28-22(21(27-23(28)32)17-5-2-3-11-26-17)19-10-9-18(31-19)15-8-7-14(25)13-16(15)24/h2-3,5,7-11,13,21-22H,4,6,12H2,1H3,(H,27,32)/t21-,22-/m0/s1. The predicted molar refractivity (Wildman–Crippen MR) is 125 cm³/mol. The van der Waals surface area contributed by atoms with E-state index in [1.54, 1.807) is 12.3 Å². The van der Waals surface area contributed by atoms with Crippen molar-refractivity contribution in [2.45, 2.75) is 24.9 Å². The van der Waals surface area contributed by atoms with Gasteiger partial charge in [-0.15, -0.1) is 0 Å². The molecule has 1 saturated heterocycles. The van der Waals surface area contributed by atoms with Gasteiger partial charge in [0.25, 0.3) is 0 Å². The van der Waals surface area contributed by atoms with Crippen molar-refractivity contribution in [2.24, 2.45) is 0 Å². The van der Waals surface area contributed by atoms with E-state index in [0.717, 1.165) is 11.3 Å². The maximum Gasteiger partial charge on any atom is 0.305 e. The smallest absolute Gasteiger partial charge is 0.305 e. The van der Waals surface area contributed by atoms with E-state index in [2.05, 4.69) is 26.2 Å². The second-order valence-corrected chi connectivity index (χ2v) is 8.57. The zero-order valence-electron chi connectivity index (χ0n) is 17.3. The summed E-state index contributed by atoms with van der Waals surface area (Å²) in [5, 5.41) is 3.91. The fourth-order valence-electron chi connectivity index (χ4n) is 3.80. The Morgan fingerprint density at radius 1 is 1.31 bits per heavy atom. The molecule has 32 heavy (non-hydrogen) atoms. The molecule has 0 saturated carbocycles. The van der Waals surface area contributed by atoms with Crippen LogP contribution in [0.2, 0.25) is 0 Å². The molecule has 2 atom stereocenters. The van der Waals surface area contributed by atoms with Crippen LogP contribution in [0.15, 0.2) is 63.6 Å². The molecule has 0 bridgehead atoms. The maximum atomic E-state index is 13.5. The number of carbonyl (C=O) groups excluding carboxylic acids is 1. The van der Waals surface area contributed by atoms with Gasteiger partial charge in [-0.1, -0.05) is 6.07 Å². The molecule has 2 aromatic heterocycles. The number of furan rings is 1. The van der Waals surface area contributed by atoms with Crippen molar-refractivity contribution in [2.75, 3.05) is 13.7 Å². The highest BCUT2D eigenvalue weighted by molar-refractivity contribution is 9.10. The van der Waals surface area contributed by atoms with Gasteiger partial charge >= 0.3 is 5.97 Å². The van der Waals surface area contributed by atoms with Gasteiger partial charge in [-0.2, -0.15) is 0 Å². The van der Waals surface area contributed by atoms with Crippen LogP contribution in [0.3, 0.4) is 0 Å². The second kappa shape index (κ2) is 9.79. The molecule has 6 nitrogen and oxygen atoms in total. The summed E-state index contributed by atoms with van der Waals surface area (Å²) in [6, 6.07) is 13.5. The van der Waals surface area contributed by atoms with Gasteiger partial charge in [-0.25, -0.2) is 4.39 Å². The molecule has 1 aliphatic rings. The van der Waals surface area contributed by atoms with Crippen LogP contribution in [0.4, 0.5) is 4.39 Å². The molecule has 4 rings (SSSR count). The number of hydrogen-bond acceptors (Lipinski definition) is 5. The van der Waals surface area contributed by atoms with E-state index in [1.165, 1.54) is 19.2 Å². The fraction of sp³-hybridized carbons (Fsp3) is 0.261. The highest BCUT2D eigenvalue weighted by Crippen LogP contribution is 2.41. The lowest BCUT2D eigenvalue weighted by atomic mass is 10.0. The number of hydrogen-bond donors (Lipinski definition) is 1. The predicted octanol–water partition coefficient (Wildman–Crippen LogP) is 5.17. The van der Waals surface area contributed by atoms with Crippen molar-refractivity contribution in [3.8, 4) is 11.3 Å². The zero-order valence-corrected chi connectivity index (χ0v) is 19.7. The third-order valence-electron chi connectivity index (χ3n) is 5.32. The van der Waals surface area contributed by atoms with Gasteiger partial charge in [0, 0.05) is 29.2 Å². The molecule has 1 N–H and O–H groups in total. The topological polar surface area (TPSA) is 67.6 Å². The van der Waals surface area contributed by atoms with Crippen molar-refractivity contribution in [3.63, 3.8) is 0 Å². The van der Waals surface area contributed by atoms with Crippen molar-refractivity contribution in [1.82, 2.24) is 15.2 Å². The Hall–Kier alpha value is -2.78. The molecule has 0 unspecified atom stereocenters. The summed E-state index contributed by atoms with van der Waals surface area (Å²) >= 11 is 9.02. The minimum Gasteiger partial charge on any atom is -0.469 e. The Balaban J connectivity index is 1.66. The highest BCUT2D eigenvalue weighted by atomic mass is 79.9. The molecule has 1 aromatic carbocycles. The third-order valence-corrected chi connectivity index (χ3v) is 6.33. The highest BCUT2D eigenvalue weighted by Gasteiger charge is 2.41. The number of ether oxygens (including phenoxy) is 1. The number of nitrogens with one attached hydrogen (secondary N) is 1. The number of pyridine rings is 1. The Morgan fingerprint density at radius 3 is 2.88 bits per heavy atom. The molecule has 3 aromatic rings. The number of methoxy groups -OCH3 is 1. The van der Waals surface area contributed by atoms with Gasteiger partial charge < -0.3 is 19.4 Å². The average Bonchev–Trinajstić information content (AvgIpc) is 3.39. The van der Waals surface area contributed by atoms with Crippen LogP contribution in [-0.4, -0.2) is 34.6 Å². The summed E-state index contributed by atoms with van der Waals surface area (Å²) in [6.07, 6.45) is 2.61. The molecule has 1 fully saturated rings. The third kappa shape index (κ3) is 4.68. The van der Waals surface area contributed by atoms with E-state index in [1.807, 2.05) is 35.2 Å². The van der Waals surface area contributed by atoms with Gasteiger partial charge in [0.15, 0.2) is 5.11 Å². The van der Waals surface area contributed by atoms with E-state index in [9.17, 15) is 9.18 Å². The Bertz CT molecular complexity index is 1120. The summed E-state index contributed by atoms with van der Waals surface area (Å²) in [5.41, 5.74) is 1.58. The molecular weight excluding hydrogens is 497 g/mol. The normalized spacial score (nSPS) is 18.0. The number of aromatic nitrogens is 1. The van der Waals surface area contributed by atoms with E-state index in [4.69, 9.17) is 21.4 Å². The number of rotatable bonds is 7. The van der Waals surface area contributed by atoms with E-state index in [0.29, 0.717) is 40.5 Å². The molecule has 166 valence electrons. The fourth-order valence-corrected chi connectivity index (χ4v) is 4.67. The molecular formula is C23H21BrFN3O3S. The van der Waals surface area contributed by atoms with Crippen LogP contribution in [0.25, 0.3) is 11.3 Å². The van der Waals surface area contributed by atoms with Crippen molar-refractivity contribution < 1.29 is 18.3 Å². The quantitative estimate of drug-likeness (QED) is 0.342. The van der Waals surface area contributed by atoms with Gasteiger partial charge in [-0.3, -0.25) is 9.78 Å². The summed E-state index contributed by atoms with van der Waals surface area (Å²) in [6.45, 7) is 0.547. The van der Waals surface area contributed by atoms with Crippen LogP contribution in [-0.2, 0) is 9.53 Å². The van der Waals surface area contributed by atoms with Crippen LogP contribution < -0.4 is 5.32 Å². The van der Waals surface area contributed by atoms with Gasteiger partial charge in [0.1, 0.15) is 23.4 Å². The molecule has 9 heteroatoms. The van der Waals surface area contributed by atoms with Crippen LogP contribution >= 0.6 is 28.1 Å². The second-order valence-electron chi connectivity index (χ2n) is 7.33. The number of benzene rings is 1. The summed E-state index contributed by atoms with van der Waals surface area (Å²) < 4.78 is 25.1. The van der Waals surface area contributed by atoms with E-state index < -0.39 is 0 Å². The number of halogens is 2. The summed E-state index contributed by atoms with van der Waals surface area (Å²) in [7, 11) is 1.38. The summed E-state index contributed by atoms with van der Waals surface area (Å²) in [5.74, 6) is 0.711. The Labute approximate surface area is 198 Å². The van der Waals surface area contributed by atoms with E-state index in [-0.39, 0.29) is 23.9 Å². The molecule has 0 aliphatic carbocycles. The Morgan fingerprint density at radius 2 is 2.16 bits per heavy atom. The number of thiocarbonyl (C=S) groups is 1. The van der Waals surface area contributed by atoms with Crippen LogP contribution in [0.5, 0.6) is 0 Å². The molecule has 1 aliphatic heterocycles. The lowest BCUT2D eigenvalue weighted by Gasteiger charge is -2.25. The summed E-state index contributed by atoms with van der Waals surface area (Å²) in [4.78, 5) is 18.1. The minimum absolute atomic E-state index is 0.225. The molecule has 0 radical (unpaired) electrons. The van der Waals surface area contributed by atoms with Crippen molar-refractivity contribution in [3.05, 3.63) is 76.5 Å². The van der Waals surface area contributed by atoms with Crippen LogP contribution in [0.1, 0.15) is 36.4 Å². The minimum atomic E-state index is -0.329. The first kappa shape index (κ1) is 22.4. The van der Waals surface area contributed by atoms with E-state index >= 15 is 0 Å². The molecule has 0 amide bonds. The number of esters is 1. The number of nitrogens with zero attached hydrogens (tertiary/aromatic N) is 2. The lowest BCUT2D eigenvalue weighted by molar-refractivity contribution is -0.140. The first-order valence-electron chi connectivity index (χ1n) is 10.1. The number of carbonyl (C=O) groups is 1. The lowest BCUT2D eigenvalue weighted by Crippen LogP contribution is -2.30. The van der Waals surface area contributed by atoms with Crippen molar-refractivity contribution >= 4 is 39.2 Å². The zero-order chi connectivity index (χ0) is 22.7.